The van der Waals surface area contributed by atoms with Gasteiger partial charge in [0, 0.05) is 21.9 Å². The maximum absolute atomic E-state index is 8.90. The van der Waals surface area contributed by atoms with Crippen LogP contribution in [0.2, 0.25) is 0 Å². The molecule has 0 aliphatic rings. The molecule has 8 nitrogen and oxygen atoms in total. The van der Waals surface area contributed by atoms with Crippen molar-refractivity contribution in [2.45, 2.75) is 13.2 Å². The highest BCUT2D eigenvalue weighted by Crippen LogP contribution is 2.33. The van der Waals surface area contributed by atoms with Gasteiger partial charge in [-0.25, -0.2) is 0 Å². The molecule has 0 aromatic heterocycles. The van der Waals surface area contributed by atoms with E-state index in [1.165, 1.54) is 0 Å². The Labute approximate surface area is 196 Å². The Balaban J connectivity index is 1.53. The lowest BCUT2D eigenvalue weighted by atomic mass is 10.1. The van der Waals surface area contributed by atoms with E-state index < -0.39 is 0 Å². The van der Waals surface area contributed by atoms with Crippen LogP contribution in [0, 0.1) is 0 Å². The summed E-state index contributed by atoms with van der Waals surface area (Å²) in [7, 11) is 0. The van der Waals surface area contributed by atoms with E-state index in [-0.39, 0.29) is 11.7 Å². The lowest BCUT2D eigenvalue weighted by Crippen LogP contribution is -2.13. The average molecular weight is 457 g/mol. The molecule has 0 amide bonds. The molecule has 8 heteroatoms. The topological polar surface area (TPSA) is 136 Å². The van der Waals surface area contributed by atoms with Gasteiger partial charge in [-0.1, -0.05) is 71.0 Å². The van der Waals surface area contributed by atoms with Crippen molar-refractivity contribution in [3.63, 3.8) is 0 Å². The Bertz CT molecular complexity index is 1260. The molecule has 172 valence electrons. The van der Waals surface area contributed by atoms with Crippen LogP contribution >= 0.6 is 0 Å². The van der Waals surface area contributed by atoms with Crippen LogP contribution in [0.4, 0.5) is 0 Å². The summed E-state index contributed by atoms with van der Waals surface area (Å²) in [6, 6.07) is 26.2. The quantitative estimate of drug-likeness (QED) is 0.136. The Kier molecular flexibility index (Phi) is 6.78. The van der Waals surface area contributed by atoms with Gasteiger partial charge in [0.15, 0.2) is 11.7 Å². The van der Waals surface area contributed by atoms with Gasteiger partial charge in [-0.05, 0) is 35.4 Å². The van der Waals surface area contributed by atoms with Crippen molar-refractivity contribution in [2.24, 2.45) is 21.8 Å². The Morgan fingerprint density at radius 3 is 1.44 bits per heavy atom. The predicted octanol–water partition coefficient (Wildman–Crippen LogP) is 4.19. The van der Waals surface area contributed by atoms with E-state index in [0.717, 1.165) is 21.9 Å². The number of benzene rings is 4. The lowest BCUT2D eigenvalue weighted by Gasteiger charge is -2.13. The standard InChI is InChI=1S/C26H24N4O4/c27-25(29-31)19-7-1-5-17(13-19)15-33-23-11-3-10-22-21(23)9-4-12-24(22)34-16-18-6-2-8-20(14-18)26(28)30-32/h1-14,31-32H,15-16H2,(H2,27,29)(H2,28,30). The van der Waals surface area contributed by atoms with E-state index in [1.807, 2.05) is 72.8 Å². The predicted molar refractivity (Wildman–Crippen MR) is 131 cm³/mol. The monoisotopic (exact) mass is 456 g/mol. The minimum Gasteiger partial charge on any atom is -0.488 e. The molecule has 0 fully saturated rings. The van der Waals surface area contributed by atoms with Crippen LogP contribution in [-0.4, -0.2) is 22.1 Å². The number of rotatable bonds is 8. The summed E-state index contributed by atoms with van der Waals surface area (Å²) < 4.78 is 12.2. The summed E-state index contributed by atoms with van der Waals surface area (Å²) in [5.41, 5.74) is 14.4. The molecule has 0 radical (unpaired) electrons. The number of ether oxygens (including phenoxy) is 2. The summed E-state index contributed by atoms with van der Waals surface area (Å²) in [4.78, 5) is 0. The van der Waals surface area contributed by atoms with Gasteiger partial charge in [-0.3, -0.25) is 0 Å². The van der Waals surface area contributed by atoms with Crippen LogP contribution in [0.5, 0.6) is 11.5 Å². The molecule has 6 N–H and O–H groups in total. The maximum Gasteiger partial charge on any atom is 0.170 e. The Hall–Kier alpha value is -4.72. The van der Waals surface area contributed by atoms with Crippen LogP contribution in [0.3, 0.4) is 0 Å². The lowest BCUT2D eigenvalue weighted by molar-refractivity contribution is 0.306. The van der Waals surface area contributed by atoms with E-state index >= 15 is 0 Å². The van der Waals surface area contributed by atoms with Gasteiger partial charge < -0.3 is 31.4 Å². The van der Waals surface area contributed by atoms with Gasteiger partial charge in [0.2, 0.25) is 0 Å². The second-order valence-electron chi connectivity index (χ2n) is 7.56. The molecule has 4 rings (SSSR count). The molecule has 4 aromatic carbocycles. The molecular weight excluding hydrogens is 432 g/mol. The molecule has 0 bridgehead atoms. The number of hydrogen-bond donors (Lipinski definition) is 4. The molecule has 4 aromatic rings. The van der Waals surface area contributed by atoms with Crippen molar-refractivity contribution in [3.8, 4) is 11.5 Å². The van der Waals surface area contributed by atoms with E-state index in [1.54, 1.807) is 12.1 Å². The third-order valence-electron chi connectivity index (χ3n) is 5.29. The van der Waals surface area contributed by atoms with Crippen LogP contribution in [-0.2, 0) is 13.2 Å². The first kappa shape index (κ1) is 22.5. The van der Waals surface area contributed by atoms with E-state index in [0.29, 0.717) is 35.8 Å². The minimum atomic E-state index is 0.0469. The smallest absolute Gasteiger partial charge is 0.170 e. The second kappa shape index (κ2) is 10.3. The zero-order chi connectivity index (χ0) is 23.9. The number of fused-ring (bicyclic) bond motifs is 1. The van der Waals surface area contributed by atoms with E-state index in [4.69, 9.17) is 31.4 Å². The highest BCUT2D eigenvalue weighted by molar-refractivity contribution is 5.97. The number of hydrogen-bond acceptors (Lipinski definition) is 6. The number of amidine groups is 2. The summed E-state index contributed by atoms with van der Waals surface area (Å²) in [5.74, 6) is 1.52. The first-order chi connectivity index (χ1) is 16.6. The zero-order valence-corrected chi connectivity index (χ0v) is 18.3. The molecule has 0 unspecified atom stereocenters. The van der Waals surface area contributed by atoms with Crippen molar-refractivity contribution < 1.29 is 19.9 Å². The molecule has 0 saturated carbocycles. The van der Waals surface area contributed by atoms with E-state index in [9.17, 15) is 0 Å². The molecule has 0 aliphatic heterocycles. The molecular formula is C26H24N4O4. The Morgan fingerprint density at radius 2 is 1.03 bits per heavy atom. The number of nitrogens with two attached hydrogens (primary N) is 2. The minimum absolute atomic E-state index is 0.0469. The first-order valence-corrected chi connectivity index (χ1v) is 10.5. The van der Waals surface area contributed by atoms with Crippen LogP contribution in [0.25, 0.3) is 10.8 Å². The third-order valence-corrected chi connectivity index (χ3v) is 5.29. The largest absolute Gasteiger partial charge is 0.488 e. The van der Waals surface area contributed by atoms with Crippen molar-refractivity contribution in [1.29, 1.82) is 0 Å². The highest BCUT2D eigenvalue weighted by Gasteiger charge is 2.09. The summed E-state index contributed by atoms with van der Waals surface area (Å²) in [6.07, 6.45) is 0. The van der Waals surface area contributed by atoms with Gasteiger partial charge in [-0.2, -0.15) is 0 Å². The Morgan fingerprint density at radius 1 is 0.618 bits per heavy atom. The molecule has 0 spiro atoms. The van der Waals surface area contributed by atoms with Crippen LogP contribution < -0.4 is 20.9 Å². The van der Waals surface area contributed by atoms with Crippen molar-refractivity contribution in [2.75, 3.05) is 0 Å². The molecule has 0 heterocycles. The van der Waals surface area contributed by atoms with Crippen molar-refractivity contribution >= 4 is 22.4 Å². The number of oxime groups is 2. The van der Waals surface area contributed by atoms with Crippen molar-refractivity contribution in [3.05, 3.63) is 107 Å². The average Bonchev–Trinajstić information content (AvgIpc) is 2.90. The zero-order valence-electron chi connectivity index (χ0n) is 18.3. The summed E-state index contributed by atoms with van der Waals surface area (Å²) in [6.45, 7) is 0.634. The van der Waals surface area contributed by atoms with Gasteiger partial charge in [0.05, 0.1) is 0 Å². The third kappa shape index (κ3) is 5.02. The van der Waals surface area contributed by atoms with Gasteiger partial charge in [0.1, 0.15) is 24.7 Å². The fourth-order valence-corrected chi connectivity index (χ4v) is 3.58. The summed E-state index contributed by atoms with van der Waals surface area (Å²) in [5, 5.41) is 25.7. The SMILES string of the molecule is N/C(=N\O)c1cccc(COc2cccc3c(OCc4cccc(/C(N)=N/O)c4)cccc23)c1. The fraction of sp³-hybridized carbons (Fsp3) is 0.0769. The highest BCUT2D eigenvalue weighted by atomic mass is 16.5. The van der Waals surface area contributed by atoms with Gasteiger partial charge >= 0.3 is 0 Å². The molecule has 34 heavy (non-hydrogen) atoms. The van der Waals surface area contributed by atoms with Crippen LogP contribution in [0.1, 0.15) is 22.3 Å². The normalized spacial score (nSPS) is 12.0. The maximum atomic E-state index is 8.90. The number of nitrogens with zero attached hydrogens (tertiary/aromatic N) is 2. The van der Waals surface area contributed by atoms with Crippen LogP contribution in [0.15, 0.2) is 95.2 Å². The van der Waals surface area contributed by atoms with E-state index in [2.05, 4.69) is 10.3 Å². The van der Waals surface area contributed by atoms with Gasteiger partial charge in [0.25, 0.3) is 0 Å². The first-order valence-electron chi connectivity index (χ1n) is 10.5. The molecule has 0 atom stereocenters. The van der Waals surface area contributed by atoms with Gasteiger partial charge in [-0.15, -0.1) is 0 Å². The van der Waals surface area contributed by atoms with Crippen molar-refractivity contribution in [1.82, 2.24) is 0 Å². The summed E-state index contributed by atoms with van der Waals surface area (Å²) >= 11 is 0. The molecule has 0 aliphatic carbocycles. The molecule has 0 saturated heterocycles. The second-order valence-corrected chi connectivity index (χ2v) is 7.56. The fourth-order valence-electron chi connectivity index (χ4n) is 3.58.